The number of thiazole rings is 1. The van der Waals surface area contributed by atoms with Crippen molar-refractivity contribution in [2.24, 2.45) is 0 Å². The molecular weight excluding hydrogens is 977 g/mol. The summed E-state index contributed by atoms with van der Waals surface area (Å²) in [6.07, 6.45) is 7.71. The van der Waals surface area contributed by atoms with Crippen LogP contribution in [0.1, 0.15) is 56.3 Å². The molecule has 0 atom stereocenters. The first-order chi connectivity index (χ1) is 32.6. The third-order valence-corrected chi connectivity index (χ3v) is 17.5. The van der Waals surface area contributed by atoms with Crippen LogP contribution in [-0.2, 0) is 33.3 Å². The lowest BCUT2D eigenvalue weighted by atomic mass is 10.1. The number of phenols is 1. The zero-order chi connectivity index (χ0) is 48.3. The molecule has 18 heteroatoms. The minimum Gasteiger partial charge on any atom is -0.508 e. The van der Waals surface area contributed by atoms with Crippen molar-refractivity contribution in [1.82, 2.24) is 0 Å². The molecule has 3 N–H and O–H groups in total. The van der Waals surface area contributed by atoms with Crippen molar-refractivity contribution in [3.63, 3.8) is 0 Å². The average molecular weight is 1030 g/mol. The Morgan fingerprint density at radius 2 is 1.50 bits per heavy atom. The highest BCUT2D eigenvalue weighted by atomic mass is 32.2. The predicted molar refractivity (Wildman–Crippen MR) is 282 cm³/mol. The molecule has 0 amide bonds. The van der Waals surface area contributed by atoms with Gasteiger partial charge in [0.2, 0.25) is 16.7 Å². The fraction of sp³-hybridized carbons (Fsp3) is 0.280. The highest BCUT2D eigenvalue weighted by Crippen LogP contribution is 2.49. The third kappa shape index (κ3) is 11.2. The van der Waals surface area contributed by atoms with Crippen LogP contribution in [0.5, 0.6) is 11.5 Å². The van der Waals surface area contributed by atoms with Crippen molar-refractivity contribution in [3.05, 3.63) is 128 Å². The van der Waals surface area contributed by atoms with Crippen molar-refractivity contribution in [2.45, 2.75) is 69.8 Å². The van der Waals surface area contributed by atoms with Crippen LogP contribution in [0.2, 0.25) is 0 Å². The molecule has 0 bridgehead atoms. The first-order valence-electron chi connectivity index (χ1n) is 22.3. The van der Waals surface area contributed by atoms with Crippen LogP contribution in [0.3, 0.4) is 0 Å². The molecule has 9 rings (SSSR count). The van der Waals surface area contributed by atoms with Crippen molar-refractivity contribution >= 4 is 121 Å². The van der Waals surface area contributed by atoms with Gasteiger partial charge < -0.3 is 19.6 Å². The number of benzene rings is 4. The number of thiophene rings is 1. The van der Waals surface area contributed by atoms with Gasteiger partial charge in [0.25, 0.3) is 25.2 Å². The number of thioether (sulfide) groups is 2. The van der Waals surface area contributed by atoms with E-state index in [-0.39, 0.29) is 24.3 Å². The molecule has 4 aromatic carbocycles. The number of anilines is 2. The van der Waals surface area contributed by atoms with Crippen molar-refractivity contribution in [3.8, 4) is 11.5 Å². The van der Waals surface area contributed by atoms with Crippen LogP contribution in [0.4, 0.5) is 11.4 Å². The smallest absolute Gasteiger partial charge is 0.265 e. The Labute approximate surface area is 414 Å². The Hall–Kier alpha value is -4.92. The van der Waals surface area contributed by atoms with Crippen LogP contribution < -0.4 is 23.7 Å². The van der Waals surface area contributed by atoms with E-state index in [0.29, 0.717) is 24.6 Å². The fourth-order valence-corrected chi connectivity index (χ4v) is 13.7. The van der Waals surface area contributed by atoms with E-state index in [1.165, 1.54) is 32.1 Å². The highest BCUT2D eigenvalue weighted by molar-refractivity contribution is 8.04. The van der Waals surface area contributed by atoms with E-state index < -0.39 is 20.2 Å². The first-order valence-corrected chi connectivity index (χ1v) is 28.8. The summed E-state index contributed by atoms with van der Waals surface area (Å²) in [5, 5.41) is 17.4. The minimum absolute atomic E-state index is 0.249. The molecule has 0 unspecified atom stereocenters. The maximum Gasteiger partial charge on any atom is 0.265 e. The minimum atomic E-state index is -4.08. The monoisotopic (exact) mass is 1030 g/mol. The fourth-order valence-electron chi connectivity index (χ4n) is 8.48. The number of aromatic nitrogens is 2. The number of phenolic OH excluding ortho intramolecular Hbond substituents is 1. The Balaban J connectivity index is 0.000000205. The average Bonchev–Trinajstić information content (AvgIpc) is 4.08. The Kier molecular flexibility index (Phi) is 15.3. The summed E-state index contributed by atoms with van der Waals surface area (Å²) >= 11 is 6.63. The molecule has 356 valence electrons. The van der Waals surface area contributed by atoms with Gasteiger partial charge in [-0.05, 0) is 105 Å². The standard InChI is InChI=1S/C28H30N2O7S5.C22H22N2OS/c1-3-19(16-26-29(11-4-14-41(31,32)33)22-18-20(37-2)6-7-24(22)39-26)17-27-30(12-5-15-42(34,35)36)28-21-10-13-38-23(21)8-9-25(28)40-27;1-4-23-17(8-7-16-12-15(3)6-10-19(16)23)13-22-24(5-2)20-14-18(25)9-11-21(20)26-22/h6-10,13,16-18H,3-5,11-12,14-15H2,1-2H3,(H-,31,32,33,34,35,36);6-14H,4-5H2,1-3H3/p+2. The van der Waals surface area contributed by atoms with E-state index in [2.05, 4.69) is 113 Å². The van der Waals surface area contributed by atoms with Crippen molar-refractivity contribution in [1.29, 1.82) is 0 Å². The molecule has 0 saturated heterocycles. The molecule has 0 saturated carbocycles. The number of allylic oxidation sites excluding steroid dienone is 2. The molecule has 0 fully saturated rings. The summed E-state index contributed by atoms with van der Waals surface area (Å²) < 4.78 is 76.5. The quantitative estimate of drug-likeness (QED) is 0.0662. The van der Waals surface area contributed by atoms with Gasteiger partial charge in [0.1, 0.15) is 22.7 Å². The molecule has 0 radical (unpaired) electrons. The number of rotatable bonds is 15. The van der Waals surface area contributed by atoms with Gasteiger partial charge >= 0.3 is 0 Å². The lowest BCUT2D eigenvalue weighted by Crippen LogP contribution is -2.37. The summed E-state index contributed by atoms with van der Waals surface area (Å²) in [7, 11) is -6.56. The van der Waals surface area contributed by atoms with Crippen LogP contribution >= 0.6 is 46.2 Å². The number of aryl methyl sites for hydroxylation is 3. The van der Waals surface area contributed by atoms with E-state index in [1.807, 2.05) is 35.7 Å². The van der Waals surface area contributed by atoms with Gasteiger partial charge in [-0.15, -0.1) is 11.3 Å². The van der Waals surface area contributed by atoms with Gasteiger partial charge in [0.05, 0.1) is 45.4 Å². The van der Waals surface area contributed by atoms with E-state index >= 15 is 0 Å². The van der Waals surface area contributed by atoms with Crippen LogP contribution in [-0.4, -0.2) is 62.8 Å². The SMILES string of the molecule is CCC(/C=C1\Sc2ccc(OC)cc2N1CCCS(=O)(=O)O)=C\c1sc2ccc3sccc3c2[n+]1CCCS(=O)(=O)O.CCN1/C(=C\c2ccc3cc(C)ccc3[n+]2CC)Sc2ccc(O)cc21. The molecule has 7 aromatic rings. The summed E-state index contributed by atoms with van der Waals surface area (Å²) in [4.78, 5) is 6.53. The van der Waals surface area contributed by atoms with Crippen LogP contribution in [0, 0.1) is 6.92 Å². The Bertz CT molecular complexity index is 3360. The molecule has 68 heavy (non-hydrogen) atoms. The second kappa shape index (κ2) is 21.0. The number of hydrogen-bond acceptors (Lipinski definition) is 12. The summed E-state index contributed by atoms with van der Waals surface area (Å²) in [5.74, 6) is 0.354. The topological polar surface area (TPSA) is 152 Å². The maximum atomic E-state index is 11.5. The van der Waals surface area contributed by atoms with Crippen LogP contribution in [0.15, 0.2) is 122 Å². The van der Waals surface area contributed by atoms with Gasteiger partial charge in [0, 0.05) is 75.8 Å². The van der Waals surface area contributed by atoms with Gasteiger partial charge in [-0.2, -0.15) is 26.0 Å². The second-order valence-electron chi connectivity index (χ2n) is 16.3. The van der Waals surface area contributed by atoms with Crippen molar-refractivity contribution < 1.29 is 44.9 Å². The molecule has 3 aromatic heterocycles. The number of ether oxygens (including phenoxy) is 1. The predicted octanol–water partition coefficient (Wildman–Crippen LogP) is 11.3. The number of hydrogen-bond donors (Lipinski definition) is 3. The molecule has 2 aliphatic heterocycles. The van der Waals surface area contributed by atoms with Gasteiger partial charge in [-0.1, -0.05) is 53.4 Å². The van der Waals surface area contributed by atoms with E-state index in [1.54, 1.807) is 59.4 Å². The second-order valence-corrected chi connectivity index (χ2v) is 23.6. The first kappa shape index (κ1) is 49.5. The molecule has 5 heterocycles. The number of aromatic hydroxyl groups is 1. The van der Waals surface area contributed by atoms with E-state index in [9.17, 15) is 31.0 Å². The highest BCUT2D eigenvalue weighted by Gasteiger charge is 2.29. The Morgan fingerprint density at radius 3 is 2.22 bits per heavy atom. The zero-order valence-electron chi connectivity index (χ0n) is 38.4. The summed E-state index contributed by atoms with van der Waals surface area (Å²) in [6.45, 7) is 11.1. The maximum absolute atomic E-state index is 11.5. The molecule has 0 spiro atoms. The molecular formula is C50H54N4O8S6+2. The normalized spacial score (nSPS) is 15.2. The number of pyridine rings is 1. The molecule has 0 aliphatic carbocycles. The molecule has 12 nitrogen and oxygen atoms in total. The van der Waals surface area contributed by atoms with Gasteiger partial charge in [0.15, 0.2) is 6.54 Å². The van der Waals surface area contributed by atoms with E-state index in [0.717, 1.165) is 71.7 Å². The zero-order valence-corrected chi connectivity index (χ0v) is 43.3. The van der Waals surface area contributed by atoms with Crippen LogP contribution in [0.25, 0.3) is 43.4 Å². The molecule has 2 aliphatic rings. The van der Waals surface area contributed by atoms with Gasteiger partial charge in [-0.25, -0.2) is 0 Å². The van der Waals surface area contributed by atoms with Gasteiger partial charge in [-0.3, -0.25) is 9.11 Å². The lowest BCUT2D eigenvalue weighted by molar-refractivity contribution is -0.669. The lowest BCUT2D eigenvalue weighted by Gasteiger charge is -2.21. The number of nitrogens with zero attached hydrogens (tertiary/aromatic N) is 4. The largest absolute Gasteiger partial charge is 0.508 e. The Morgan fingerprint density at radius 1 is 0.779 bits per heavy atom. The van der Waals surface area contributed by atoms with Crippen molar-refractivity contribution in [2.75, 3.05) is 41.5 Å². The summed E-state index contributed by atoms with van der Waals surface area (Å²) in [5.41, 5.74) is 7.82. The third-order valence-electron chi connectivity index (χ3n) is 11.7. The van der Waals surface area contributed by atoms with E-state index in [4.69, 9.17) is 4.74 Å². The summed E-state index contributed by atoms with van der Waals surface area (Å²) in [6, 6.07) is 28.7. The number of fused-ring (bicyclic) bond motifs is 6. The number of methoxy groups -OCH3 is 1.